The third-order valence-corrected chi connectivity index (χ3v) is 4.57. The Kier molecular flexibility index (Phi) is 14.3. The van der Waals surface area contributed by atoms with Gasteiger partial charge in [0.05, 0.1) is 26.2 Å². The average Bonchev–Trinajstić information content (AvgIpc) is 2.71. The van der Waals surface area contributed by atoms with Crippen LogP contribution in [-0.2, 0) is 28.6 Å². The van der Waals surface area contributed by atoms with Crippen LogP contribution in [0.25, 0.3) is 0 Å². The summed E-state index contributed by atoms with van der Waals surface area (Å²) in [4.78, 5) is 36.8. The van der Waals surface area contributed by atoms with E-state index in [0.29, 0.717) is 19.3 Å². The monoisotopic (exact) mass is 434 g/mol. The van der Waals surface area contributed by atoms with E-state index in [0.717, 1.165) is 38.5 Å². The van der Waals surface area contributed by atoms with Gasteiger partial charge in [0.1, 0.15) is 0 Å². The van der Waals surface area contributed by atoms with Crippen molar-refractivity contribution in [3.63, 3.8) is 0 Å². The molecule has 0 aromatic heterocycles. The van der Waals surface area contributed by atoms with Crippen LogP contribution in [0, 0.1) is 0 Å². The molecule has 0 heterocycles. The van der Waals surface area contributed by atoms with Gasteiger partial charge in [-0.05, 0) is 19.3 Å². The Morgan fingerprint density at radius 2 is 1.03 bits per heavy atom. The first kappa shape index (κ1) is 28.3. The summed E-state index contributed by atoms with van der Waals surface area (Å²) in [5.41, 5.74) is -3.26. The highest BCUT2D eigenvalue weighted by atomic mass is 16.6. The molecule has 0 rings (SSSR count). The number of carbonyl (C=O) groups is 3. The van der Waals surface area contributed by atoms with Crippen LogP contribution in [0.3, 0.4) is 0 Å². The number of unbranched alkanes of at least 4 members (excludes halogenated alkanes) is 6. The van der Waals surface area contributed by atoms with Gasteiger partial charge >= 0.3 is 23.7 Å². The van der Waals surface area contributed by atoms with Gasteiger partial charge < -0.3 is 29.5 Å². The quantitative estimate of drug-likeness (QED) is 0.136. The molecule has 0 saturated heterocycles. The van der Waals surface area contributed by atoms with Crippen LogP contribution in [0.4, 0.5) is 0 Å². The number of rotatable bonds is 17. The average molecular weight is 435 g/mol. The third kappa shape index (κ3) is 9.40. The summed E-state index contributed by atoms with van der Waals surface area (Å²) in [6, 6.07) is 0. The van der Waals surface area contributed by atoms with E-state index in [1.807, 2.05) is 20.8 Å². The number of ether oxygens (including phenoxy) is 3. The molecule has 9 nitrogen and oxygen atoms in total. The molecular formula is C21H38O9. The number of aliphatic hydroxyl groups is 3. The predicted molar refractivity (Wildman–Crippen MR) is 108 cm³/mol. The van der Waals surface area contributed by atoms with E-state index in [9.17, 15) is 29.7 Å². The maximum atomic E-state index is 12.5. The highest BCUT2D eigenvalue weighted by molar-refractivity contribution is 5.94. The van der Waals surface area contributed by atoms with Gasteiger partial charge in [0.15, 0.2) is 0 Å². The van der Waals surface area contributed by atoms with Crippen LogP contribution in [-0.4, -0.2) is 64.4 Å². The maximum absolute atomic E-state index is 12.5. The molecule has 0 aliphatic rings. The zero-order chi connectivity index (χ0) is 23.0. The first-order chi connectivity index (χ1) is 14.2. The van der Waals surface area contributed by atoms with Gasteiger partial charge in [-0.25, -0.2) is 9.59 Å². The van der Waals surface area contributed by atoms with Crippen molar-refractivity contribution in [3.05, 3.63) is 0 Å². The lowest BCUT2D eigenvalue weighted by Gasteiger charge is -2.34. The van der Waals surface area contributed by atoms with Gasteiger partial charge in [0, 0.05) is 0 Å². The van der Waals surface area contributed by atoms with Gasteiger partial charge in [-0.1, -0.05) is 59.3 Å². The van der Waals surface area contributed by atoms with Crippen molar-refractivity contribution in [2.75, 3.05) is 19.8 Å². The predicted octanol–water partition coefficient (Wildman–Crippen LogP) is 1.99. The molecule has 0 aromatic rings. The zero-order valence-electron chi connectivity index (χ0n) is 18.5. The van der Waals surface area contributed by atoms with E-state index in [1.165, 1.54) is 0 Å². The Bertz CT molecular complexity index is 519. The fraction of sp³-hybridized carbons (Fsp3) is 0.857. The number of hydrogen-bond donors (Lipinski definition) is 3. The third-order valence-electron chi connectivity index (χ3n) is 4.57. The minimum atomic E-state index is -3.68. The molecule has 30 heavy (non-hydrogen) atoms. The van der Waals surface area contributed by atoms with E-state index in [2.05, 4.69) is 0 Å². The lowest BCUT2D eigenvalue weighted by Crippen LogP contribution is -2.65. The molecule has 0 saturated carbocycles. The fourth-order valence-electron chi connectivity index (χ4n) is 2.56. The van der Waals surface area contributed by atoms with Crippen LogP contribution in [0.15, 0.2) is 0 Å². The second kappa shape index (κ2) is 15.1. The summed E-state index contributed by atoms with van der Waals surface area (Å²) in [7, 11) is 0. The molecule has 9 heteroatoms. The van der Waals surface area contributed by atoms with Gasteiger partial charge in [0.2, 0.25) is 5.60 Å². The van der Waals surface area contributed by atoms with Crippen molar-refractivity contribution < 1.29 is 43.9 Å². The normalized spacial score (nSPS) is 13.4. The van der Waals surface area contributed by atoms with E-state index in [1.54, 1.807) is 0 Å². The molecule has 0 fully saturated rings. The van der Waals surface area contributed by atoms with E-state index in [4.69, 9.17) is 14.2 Å². The molecule has 0 bridgehead atoms. The first-order valence-corrected chi connectivity index (χ1v) is 10.8. The zero-order valence-corrected chi connectivity index (χ0v) is 18.5. The first-order valence-electron chi connectivity index (χ1n) is 10.8. The largest absolute Gasteiger partial charge is 0.466 e. The topological polar surface area (TPSA) is 140 Å². The molecular weight excluding hydrogens is 396 g/mol. The van der Waals surface area contributed by atoms with Crippen LogP contribution < -0.4 is 0 Å². The molecule has 0 aliphatic carbocycles. The summed E-state index contributed by atoms with van der Waals surface area (Å²) >= 11 is 0. The number of hydrogen-bond acceptors (Lipinski definition) is 9. The van der Waals surface area contributed by atoms with Crippen LogP contribution in [0.2, 0.25) is 0 Å². The Balaban J connectivity index is 5.28. The lowest BCUT2D eigenvalue weighted by atomic mass is 9.89. The summed E-state index contributed by atoms with van der Waals surface area (Å²) in [6.45, 7) is 5.64. The summed E-state index contributed by atoms with van der Waals surface area (Å²) in [6.07, 6.45) is 5.24. The summed E-state index contributed by atoms with van der Waals surface area (Å²) in [5, 5.41) is 31.4. The van der Waals surface area contributed by atoms with Crippen molar-refractivity contribution in [2.45, 2.75) is 96.4 Å². The minimum Gasteiger partial charge on any atom is -0.466 e. The van der Waals surface area contributed by atoms with Crippen LogP contribution in [0.5, 0.6) is 0 Å². The molecule has 0 amide bonds. The maximum Gasteiger partial charge on any atom is 0.370 e. The molecule has 0 aromatic carbocycles. The molecule has 0 aliphatic heterocycles. The van der Waals surface area contributed by atoms with Gasteiger partial charge in [-0.3, -0.25) is 4.79 Å². The van der Waals surface area contributed by atoms with E-state index >= 15 is 0 Å². The molecule has 1 unspecified atom stereocenters. The molecule has 3 N–H and O–H groups in total. The van der Waals surface area contributed by atoms with E-state index in [-0.39, 0.29) is 19.8 Å². The molecule has 0 spiro atoms. The van der Waals surface area contributed by atoms with Gasteiger partial charge in [-0.2, -0.15) is 0 Å². The number of esters is 3. The van der Waals surface area contributed by atoms with Crippen molar-refractivity contribution in [1.29, 1.82) is 0 Å². The van der Waals surface area contributed by atoms with E-state index < -0.39 is 35.7 Å². The van der Waals surface area contributed by atoms with Crippen molar-refractivity contribution in [2.24, 2.45) is 0 Å². The summed E-state index contributed by atoms with van der Waals surface area (Å²) < 4.78 is 14.6. The highest BCUT2D eigenvalue weighted by Gasteiger charge is 2.63. The summed E-state index contributed by atoms with van der Waals surface area (Å²) in [5.74, 6) is -7.88. The SMILES string of the molecule is CCCCCOC(=O)CC(O)(C(=O)OCCCCC)C(O)(O)C(=O)OCCCCC. The Morgan fingerprint density at radius 1 is 0.633 bits per heavy atom. The highest BCUT2D eigenvalue weighted by Crippen LogP contribution is 2.28. The lowest BCUT2D eigenvalue weighted by molar-refractivity contribution is -0.277. The molecule has 0 radical (unpaired) electrons. The smallest absolute Gasteiger partial charge is 0.370 e. The second-order valence-corrected chi connectivity index (χ2v) is 7.32. The fourth-order valence-corrected chi connectivity index (χ4v) is 2.56. The Labute approximate surface area is 178 Å². The van der Waals surface area contributed by atoms with Crippen LogP contribution >= 0.6 is 0 Å². The van der Waals surface area contributed by atoms with Crippen LogP contribution in [0.1, 0.15) is 85.0 Å². The van der Waals surface area contributed by atoms with Gasteiger partial charge in [-0.15, -0.1) is 0 Å². The standard InChI is InChI=1S/C21H38O9/c1-4-7-10-13-28-17(22)16-20(25,18(23)29-14-11-8-5-2)21(26,27)19(24)30-15-12-9-6-3/h25-27H,4-16H2,1-3H3. The Hall–Kier alpha value is -1.71. The second-order valence-electron chi connectivity index (χ2n) is 7.32. The molecule has 176 valence electrons. The van der Waals surface area contributed by atoms with Gasteiger partial charge in [0.25, 0.3) is 0 Å². The van der Waals surface area contributed by atoms with Crippen molar-refractivity contribution in [3.8, 4) is 0 Å². The van der Waals surface area contributed by atoms with Crippen molar-refractivity contribution in [1.82, 2.24) is 0 Å². The number of carbonyl (C=O) groups excluding carboxylic acids is 3. The molecule has 1 atom stereocenters. The van der Waals surface area contributed by atoms with Crippen molar-refractivity contribution >= 4 is 17.9 Å². The minimum absolute atomic E-state index is 0.0413. The Morgan fingerprint density at radius 3 is 1.47 bits per heavy atom.